The Morgan fingerprint density at radius 3 is 2.07 bits per heavy atom. The molecule has 3 N–H and O–H groups in total. The number of carbonyl (C=O) groups is 2. The van der Waals surface area contributed by atoms with Gasteiger partial charge in [0.2, 0.25) is 0 Å². The molecule has 0 heterocycles. The predicted octanol–water partition coefficient (Wildman–Crippen LogP) is 3.75. The third-order valence-electron chi connectivity index (χ3n) is 3.97. The van der Waals surface area contributed by atoms with Gasteiger partial charge in [0.1, 0.15) is 11.4 Å². The second kappa shape index (κ2) is 10.9. The van der Waals surface area contributed by atoms with E-state index in [-0.39, 0.29) is 12.5 Å². The maximum atomic E-state index is 13.2. The van der Waals surface area contributed by atoms with Crippen LogP contribution in [0.1, 0.15) is 53.9 Å². The molecule has 0 saturated carbocycles. The molecule has 0 saturated heterocycles. The van der Waals surface area contributed by atoms with Crippen molar-refractivity contribution in [2.24, 2.45) is 17.6 Å². The average molecular weight is 379 g/mol. The van der Waals surface area contributed by atoms with Crippen LogP contribution in [0.5, 0.6) is 5.75 Å². The minimum Gasteiger partial charge on any atom is -0.484 e. The number of rotatable bonds is 12. The zero-order valence-electron chi connectivity index (χ0n) is 17.2. The minimum atomic E-state index is -0.848. The van der Waals surface area contributed by atoms with Crippen molar-refractivity contribution in [3.63, 3.8) is 0 Å². The molecule has 0 atom stereocenters. The van der Waals surface area contributed by atoms with Crippen LogP contribution in [0.4, 0.5) is 5.69 Å². The number of carbonyl (C=O) groups excluding carboxylic acids is 2. The lowest BCUT2D eigenvalue weighted by Crippen LogP contribution is -2.47. The van der Waals surface area contributed by atoms with Crippen molar-refractivity contribution in [3.8, 4) is 5.75 Å². The summed E-state index contributed by atoms with van der Waals surface area (Å²) < 4.78 is 11.4. The Labute approximate surface area is 162 Å². The van der Waals surface area contributed by atoms with Crippen LogP contribution in [0.3, 0.4) is 0 Å². The van der Waals surface area contributed by atoms with Gasteiger partial charge in [0.05, 0.1) is 0 Å². The van der Waals surface area contributed by atoms with Gasteiger partial charge in [-0.15, -0.1) is 0 Å². The van der Waals surface area contributed by atoms with Crippen LogP contribution in [-0.4, -0.2) is 30.6 Å². The molecule has 27 heavy (non-hydrogen) atoms. The van der Waals surface area contributed by atoms with E-state index in [9.17, 15) is 9.59 Å². The fraction of sp³-hybridized carbons (Fsp3) is 0.619. The third kappa shape index (κ3) is 7.99. The Kier molecular flexibility index (Phi) is 9.29. The number of anilines is 1. The van der Waals surface area contributed by atoms with Crippen molar-refractivity contribution >= 4 is 17.5 Å². The van der Waals surface area contributed by atoms with Gasteiger partial charge >= 0.3 is 0 Å². The summed E-state index contributed by atoms with van der Waals surface area (Å²) in [6.45, 7) is 10.8. The lowest BCUT2D eigenvalue weighted by molar-refractivity contribution is -0.147. The summed E-state index contributed by atoms with van der Waals surface area (Å²) in [5, 5.41) is 2.98. The van der Waals surface area contributed by atoms with Crippen LogP contribution in [0.15, 0.2) is 24.3 Å². The molecule has 2 amide bonds. The quantitative estimate of drug-likeness (QED) is 0.579. The molecule has 1 rings (SSSR count). The van der Waals surface area contributed by atoms with E-state index < -0.39 is 11.5 Å². The molecule has 0 fully saturated rings. The first-order valence-electron chi connectivity index (χ1n) is 9.65. The van der Waals surface area contributed by atoms with E-state index >= 15 is 0 Å². The summed E-state index contributed by atoms with van der Waals surface area (Å²) in [6, 6.07) is 6.86. The summed E-state index contributed by atoms with van der Waals surface area (Å²) in [6.07, 6.45) is 2.19. The molecule has 6 nitrogen and oxygen atoms in total. The molecule has 0 aliphatic rings. The third-order valence-corrected chi connectivity index (χ3v) is 3.97. The summed E-state index contributed by atoms with van der Waals surface area (Å²) in [4.78, 5) is 24.0. The Morgan fingerprint density at radius 1 is 1.07 bits per heavy atom. The monoisotopic (exact) mass is 378 g/mol. The van der Waals surface area contributed by atoms with Crippen LogP contribution in [0, 0.1) is 11.8 Å². The first-order chi connectivity index (χ1) is 12.7. The lowest BCUT2D eigenvalue weighted by atomic mass is 9.83. The summed E-state index contributed by atoms with van der Waals surface area (Å²) >= 11 is 0. The fourth-order valence-electron chi connectivity index (χ4n) is 3.10. The average Bonchev–Trinajstić information content (AvgIpc) is 2.58. The van der Waals surface area contributed by atoms with Gasteiger partial charge in [0, 0.05) is 12.3 Å². The molecule has 0 spiro atoms. The number of primary amides is 1. The second-order valence-electron chi connectivity index (χ2n) is 7.77. The highest BCUT2D eigenvalue weighted by Crippen LogP contribution is 2.31. The molecule has 1 aromatic carbocycles. The molecule has 0 unspecified atom stereocenters. The van der Waals surface area contributed by atoms with Crippen LogP contribution >= 0.6 is 0 Å². The van der Waals surface area contributed by atoms with E-state index in [1.165, 1.54) is 0 Å². The maximum Gasteiger partial charge on any atom is 0.256 e. The summed E-state index contributed by atoms with van der Waals surface area (Å²) in [7, 11) is 0. The molecule has 1 aromatic rings. The predicted molar refractivity (Wildman–Crippen MR) is 108 cm³/mol. The molecule has 0 radical (unpaired) electrons. The number of nitrogens with one attached hydrogen (secondary N) is 1. The van der Waals surface area contributed by atoms with Crippen molar-refractivity contribution in [2.75, 3.05) is 18.5 Å². The number of ether oxygens (including phenoxy) is 2. The lowest BCUT2D eigenvalue weighted by Gasteiger charge is -2.35. The van der Waals surface area contributed by atoms with Gasteiger partial charge in [-0.25, -0.2) is 0 Å². The van der Waals surface area contributed by atoms with E-state index in [4.69, 9.17) is 15.2 Å². The van der Waals surface area contributed by atoms with Gasteiger partial charge in [-0.3, -0.25) is 9.59 Å². The molecule has 152 valence electrons. The molecular weight excluding hydrogens is 344 g/mol. The highest BCUT2D eigenvalue weighted by molar-refractivity contribution is 5.97. The van der Waals surface area contributed by atoms with Crippen LogP contribution in [0.25, 0.3) is 0 Å². The standard InChI is InChI=1S/C21H34N2O4/c1-6-11-27-21(12-15(2)3,13-16(4)5)20(25)23-17-7-9-18(10-8-17)26-14-19(22)24/h7-10,15-16H,6,11-14H2,1-5H3,(H2,22,24)(H,23,25). The van der Waals surface area contributed by atoms with E-state index in [1.807, 2.05) is 6.92 Å². The normalized spacial score (nSPS) is 11.7. The van der Waals surface area contributed by atoms with Crippen LogP contribution < -0.4 is 15.8 Å². The number of hydrogen-bond acceptors (Lipinski definition) is 4. The van der Waals surface area contributed by atoms with Crippen LogP contribution in [0.2, 0.25) is 0 Å². The molecule has 6 heteroatoms. The molecule has 0 aliphatic heterocycles. The van der Waals surface area contributed by atoms with Gasteiger partial charge in [-0.05, 0) is 55.4 Å². The van der Waals surface area contributed by atoms with Crippen molar-refractivity contribution in [1.29, 1.82) is 0 Å². The smallest absolute Gasteiger partial charge is 0.256 e. The maximum absolute atomic E-state index is 13.2. The summed E-state index contributed by atoms with van der Waals surface area (Å²) in [5.41, 5.74) is 4.88. The van der Waals surface area contributed by atoms with Crippen molar-refractivity contribution in [2.45, 2.75) is 59.5 Å². The fourth-order valence-corrected chi connectivity index (χ4v) is 3.10. The van der Waals surface area contributed by atoms with Crippen molar-refractivity contribution in [1.82, 2.24) is 0 Å². The first kappa shape index (κ1) is 23.0. The molecule has 0 aliphatic carbocycles. The number of benzene rings is 1. The van der Waals surface area contributed by atoms with E-state index in [0.717, 1.165) is 6.42 Å². The Balaban J connectivity index is 2.94. The Morgan fingerprint density at radius 2 is 1.63 bits per heavy atom. The van der Waals surface area contributed by atoms with Gasteiger partial charge < -0.3 is 20.5 Å². The largest absolute Gasteiger partial charge is 0.484 e. The van der Waals surface area contributed by atoms with Crippen molar-refractivity contribution < 1.29 is 19.1 Å². The van der Waals surface area contributed by atoms with E-state index in [2.05, 4.69) is 33.0 Å². The van der Waals surface area contributed by atoms with E-state index in [1.54, 1.807) is 24.3 Å². The second-order valence-corrected chi connectivity index (χ2v) is 7.77. The van der Waals surface area contributed by atoms with Gasteiger partial charge in [-0.2, -0.15) is 0 Å². The summed E-state index contributed by atoms with van der Waals surface area (Å²) in [5.74, 6) is 0.522. The van der Waals surface area contributed by atoms with Gasteiger partial charge in [0.25, 0.3) is 11.8 Å². The molecule has 0 bridgehead atoms. The molecular formula is C21H34N2O4. The van der Waals surface area contributed by atoms with Crippen LogP contribution in [-0.2, 0) is 14.3 Å². The Hall–Kier alpha value is -2.08. The number of nitrogens with two attached hydrogens (primary N) is 1. The highest BCUT2D eigenvalue weighted by Gasteiger charge is 2.40. The molecule has 0 aromatic heterocycles. The first-order valence-corrected chi connectivity index (χ1v) is 9.65. The van der Waals surface area contributed by atoms with Crippen molar-refractivity contribution in [3.05, 3.63) is 24.3 Å². The SMILES string of the molecule is CCCOC(CC(C)C)(CC(C)C)C(=O)Nc1ccc(OCC(N)=O)cc1. The highest BCUT2D eigenvalue weighted by atomic mass is 16.5. The number of hydrogen-bond donors (Lipinski definition) is 2. The van der Waals surface area contributed by atoms with Gasteiger partial charge in [-0.1, -0.05) is 34.6 Å². The topological polar surface area (TPSA) is 90.7 Å². The Bertz CT molecular complexity index is 587. The number of amides is 2. The van der Waals surface area contributed by atoms with Gasteiger partial charge in [0.15, 0.2) is 6.61 Å². The zero-order valence-corrected chi connectivity index (χ0v) is 17.2. The van der Waals surface area contributed by atoms with E-state index in [0.29, 0.717) is 42.7 Å². The minimum absolute atomic E-state index is 0.121. The zero-order chi connectivity index (χ0) is 20.4.